The third kappa shape index (κ3) is 2.65. The Labute approximate surface area is 110 Å². The number of nitrogens with zero attached hydrogens (tertiary/aromatic N) is 2. The second-order valence-electron chi connectivity index (χ2n) is 5.36. The van der Waals surface area contributed by atoms with Gasteiger partial charge in [-0.15, -0.1) is 0 Å². The molecule has 1 heterocycles. The summed E-state index contributed by atoms with van der Waals surface area (Å²) in [6, 6.07) is 7.22. The Hall–Kier alpha value is -2.17. The first-order chi connectivity index (χ1) is 8.79. The molecule has 0 saturated heterocycles. The van der Waals surface area contributed by atoms with Gasteiger partial charge in [0.25, 0.3) is 0 Å². The highest BCUT2D eigenvalue weighted by Gasteiger charge is 2.23. The van der Waals surface area contributed by atoms with E-state index in [1.54, 1.807) is 6.07 Å². The van der Waals surface area contributed by atoms with Crippen LogP contribution in [0.1, 0.15) is 37.0 Å². The van der Waals surface area contributed by atoms with Gasteiger partial charge in [-0.25, -0.2) is 13.9 Å². The molecule has 0 bridgehead atoms. The second kappa shape index (κ2) is 4.50. The van der Waals surface area contributed by atoms with Crippen LogP contribution in [-0.2, 0) is 5.41 Å². The van der Waals surface area contributed by atoms with E-state index in [2.05, 4.69) is 5.10 Å². The third-order valence-electron chi connectivity index (χ3n) is 2.75. The fourth-order valence-electron chi connectivity index (χ4n) is 1.70. The first kappa shape index (κ1) is 13.3. The molecule has 2 rings (SSSR count). The number of carbonyl (C=O) groups is 1. The van der Waals surface area contributed by atoms with E-state index in [-0.39, 0.29) is 11.1 Å². The van der Waals surface area contributed by atoms with Crippen molar-refractivity contribution in [2.24, 2.45) is 0 Å². The van der Waals surface area contributed by atoms with Crippen LogP contribution in [0, 0.1) is 5.82 Å². The summed E-state index contributed by atoms with van der Waals surface area (Å²) in [5, 5.41) is 13.5. The standard InChI is InChI=1S/C14H15FN2O2/c1-14(2,3)12-8-11(13(18)19)17(16-12)10-6-4-5-9(15)7-10/h4-8H,1-3H3,(H,18,19). The number of carboxylic acid groups (broad SMARTS) is 1. The van der Waals surface area contributed by atoms with E-state index in [1.807, 2.05) is 20.8 Å². The molecule has 0 unspecified atom stereocenters. The Kier molecular flexibility index (Phi) is 3.14. The molecule has 0 saturated carbocycles. The van der Waals surface area contributed by atoms with Gasteiger partial charge in [-0.3, -0.25) is 0 Å². The Bertz CT molecular complexity index is 627. The van der Waals surface area contributed by atoms with Gasteiger partial charge in [-0.05, 0) is 24.3 Å². The summed E-state index contributed by atoms with van der Waals surface area (Å²) in [5.41, 5.74) is 0.792. The van der Waals surface area contributed by atoms with Crippen LogP contribution in [0.4, 0.5) is 4.39 Å². The molecule has 0 atom stereocenters. The number of hydrogen-bond acceptors (Lipinski definition) is 2. The fraction of sp³-hybridized carbons (Fsp3) is 0.286. The molecule has 0 aliphatic rings. The van der Waals surface area contributed by atoms with Crippen molar-refractivity contribution in [1.29, 1.82) is 0 Å². The molecule has 2 aromatic rings. The largest absolute Gasteiger partial charge is 0.477 e. The molecule has 1 aromatic heterocycles. The minimum Gasteiger partial charge on any atom is -0.477 e. The Morgan fingerprint density at radius 1 is 1.32 bits per heavy atom. The maximum absolute atomic E-state index is 13.2. The van der Waals surface area contributed by atoms with Crippen molar-refractivity contribution in [3.05, 3.63) is 47.5 Å². The van der Waals surface area contributed by atoms with Crippen molar-refractivity contribution in [3.8, 4) is 5.69 Å². The number of aromatic nitrogens is 2. The predicted octanol–water partition coefficient (Wildman–Crippen LogP) is 3.01. The molecule has 1 N–H and O–H groups in total. The predicted molar refractivity (Wildman–Crippen MR) is 69.2 cm³/mol. The van der Waals surface area contributed by atoms with Gasteiger partial charge >= 0.3 is 5.97 Å². The topological polar surface area (TPSA) is 55.1 Å². The van der Waals surface area contributed by atoms with Crippen LogP contribution in [0.25, 0.3) is 5.69 Å². The van der Waals surface area contributed by atoms with Crippen molar-refractivity contribution in [3.63, 3.8) is 0 Å². The summed E-state index contributed by atoms with van der Waals surface area (Å²) in [6.07, 6.45) is 0. The Morgan fingerprint density at radius 2 is 2.00 bits per heavy atom. The van der Waals surface area contributed by atoms with E-state index in [0.717, 1.165) is 0 Å². The van der Waals surface area contributed by atoms with Crippen LogP contribution in [0.2, 0.25) is 0 Å². The number of aromatic carboxylic acids is 1. The van der Waals surface area contributed by atoms with E-state index in [1.165, 1.54) is 28.9 Å². The highest BCUT2D eigenvalue weighted by atomic mass is 19.1. The number of halogens is 1. The van der Waals surface area contributed by atoms with Crippen molar-refractivity contribution in [2.75, 3.05) is 0 Å². The minimum absolute atomic E-state index is 0.0236. The SMILES string of the molecule is CC(C)(C)c1cc(C(=O)O)n(-c2cccc(F)c2)n1. The molecule has 0 amide bonds. The summed E-state index contributed by atoms with van der Waals surface area (Å²) in [7, 11) is 0. The number of rotatable bonds is 2. The van der Waals surface area contributed by atoms with Gasteiger partial charge in [-0.1, -0.05) is 26.8 Å². The van der Waals surface area contributed by atoms with E-state index < -0.39 is 11.8 Å². The van der Waals surface area contributed by atoms with Gasteiger partial charge in [0.1, 0.15) is 5.82 Å². The molecule has 19 heavy (non-hydrogen) atoms. The molecule has 0 aliphatic heterocycles. The third-order valence-corrected chi connectivity index (χ3v) is 2.75. The molecule has 0 spiro atoms. The second-order valence-corrected chi connectivity index (χ2v) is 5.36. The first-order valence-corrected chi connectivity index (χ1v) is 5.89. The van der Waals surface area contributed by atoms with Gasteiger partial charge in [0.05, 0.1) is 11.4 Å². The zero-order valence-corrected chi connectivity index (χ0v) is 11.0. The van der Waals surface area contributed by atoms with Gasteiger partial charge in [0, 0.05) is 5.41 Å². The quantitative estimate of drug-likeness (QED) is 0.905. The summed E-state index contributed by atoms with van der Waals surface area (Å²) in [4.78, 5) is 11.3. The van der Waals surface area contributed by atoms with Crippen molar-refractivity contribution >= 4 is 5.97 Å². The van der Waals surface area contributed by atoms with Gasteiger partial charge in [0.2, 0.25) is 0 Å². The van der Waals surface area contributed by atoms with Crippen LogP contribution in [-0.4, -0.2) is 20.9 Å². The zero-order valence-electron chi connectivity index (χ0n) is 11.0. The summed E-state index contributed by atoms with van der Waals surface area (Å²) in [6.45, 7) is 5.82. The lowest BCUT2D eigenvalue weighted by molar-refractivity contribution is 0.0687. The van der Waals surface area contributed by atoms with Crippen molar-refractivity contribution in [1.82, 2.24) is 9.78 Å². The van der Waals surface area contributed by atoms with Crippen LogP contribution < -0.4 is 0 Å². The molecule has 5 heteroatoms. The van der Waals surface area contributed by atoms with Crippen LogP contribution in [0.15, 0.2) is 30.3 Å². The lowest BCUT2D eigenvalue weighted by Gasteiger charge is -2.14. The van der Waals surface area contributed by atoms with Gasteiger partial charge in [0.15, 0.2) is 5.69 Å². The Morgan fingerprint density at radius 3 is 2.53 bits per heavy atom. The maximum atomic E-state index is 13.2. The molecule has 0 fully saturated rings. The normalized spacial score (nSPS) is 11.6. The number of hydrogen-bond donors (Lipinski definition) is 1. The summed E-state index contributed by atoms with van der Waals surface area (Å²) >= 11 is 0. The van der Waals surface area contributed by atoms with Crippen LogP contribution >= 0.6 is 0 Å². The average molecular weight is 262 g/mol. The smallest absolute Gasteiger partial charge is 0.354 e. The van der Waals surface area contributed by atoms with Gasteiger partial charge < -0.3 is 5.11 Å². The molecule has 1 aromatic carbocycles. The maximum Gasteiger partial charge on any atom is 0.354 e. The van der Waals surface area contributed by atoms with Crippen LogP contribution in [0.5, 0.6) is 0 Å². The molecule has 0 radical (unpaired) electrons. The molecule has 100 valence electrons. The summed E-state index contributed by atoms with van der Waals surface area (Å²) < 4.78 is 14.5. The number of carboxylic acids is 1. The highest BCUT2D eigenvalue weighted by Crippen LogP contribution is 2.23. The first-order valence-electron chi connectivity index (χ1n) is 5.89. The van der Waals surface area contributed by atoms with E-state index in [4.69, 9.17) is 0 Å². The van der Waals surface area contributed by atoms with E-state index in [9.17, 15) is 14.3 Å². The van der Waals surface area contributed by atoms with Gasteiger partial charge in [-0.2, -0.15) is 5.10 Å². The zero-order chi connectivity index (χ0) is 14.2. The molecule has 4 nitrogen and oxygen atoms in total. The average Bonchev–Trinajstić information content (AvgIpc) is 2.73. The lowest BCUT2D eigenvalue weighted by atomic mass is 9.92. The molecule has 0 aliphatic carbocycles. The minimum atomic E-state index is -1.09. The van der Waals surface area contributed by atoms with Crippen molar-refractivity contribution < 1.29 is 14.3 Å². The van der Waals surface area contributed by atoms with E-state index >= 15 is 0 Å². The molecular weight excluding hydrogens is 247 g/mol. The Balaban J connectivity index is 2.62. The highest BCUT2D eigenvalue weighted by molar-refractivity contribution is 5.86. The number of benzene rings is 1. The fourth-order valence-corrected chi connectivity index (χ4v) is 1.70. The van der Waals surface area contributed by atoms with Crippen molar-refractivity contribution in [2.45, 2.75) is 26.2 Å². The summed E-state index contributed by atoms with van der Waals surface area (Å²) in [5.74, 6) is -1.52. The lowest BCUT2D eigenvalue weighted by Crippen LogP contribution is -2.12. The van der Waals surface area contributed by atoms with E-state index in [0.29, 0.717) is 11.4 Å². The monoisotopic (exact) mass is 262 g/mol. The van der Waals surface area contributed by atoms with Crippen LogP contribution in [0.3, 0.4) is 0 Å². The molecular formula is C14H15FN2O2.